The number of hydrogen-bond acceptors (Lipinski definition) is 1. The third kappa shape index (κ3) is 3.79. The zero-order valence-corrected chi connectivity index (χ0v) is 9.39. The van der Waals surface area contributed by atoms with Crippen LogP contribution in [0.15, 0.2) is 18.2 Å². The van der Waals surface area contributed by atoms with E-state index in [0.29, 0.717) is 5.02 Å². The quantitative estimate of drug-likeness (QED) is 0.733. The first kappa shape index (κ1) is 12.5. The molecule has 0 aliphatic rings. The van der Waals surface area contributed by atoms with Gasteiger partial charge >= 0.3 is 0 Å². The van der Waals surface area contributed by atoms with E-state index >= 15 is 0 Å². The summed E-state index contributed by atoms with van der Waals surface area (Å²) in [6.45, 7) is 7.68. The summed E-state index contributed by atoms with van der Waals surface area (Å²) >= 11 is 5.83. The topological polar surface area (TPSA) is 20.2 Å². The summed E-state index contributed by atoms with van der Waals surface area (Å²) in [5, 5.41) is 9.87. The van der Waals surface area contributed by atoms with Gasteiger partial charge in [0.15, 0.2) is 0 Å². The Balaban J connectivity index is 0.000000671. The van der Waals surface area contributed by atoms with Gasteiger partial charge in [0.05, 0.1) is 6.10 Å². The summed E-state index contributed by atoms with van der Waals surface area (Å²) in [4.78, 5) is 0. The minimum Gasteiger partial charge on any atom is -0.389 e. The van der Waals surface area contributed by atoms with Crippen molar-refractivity contribution < 1.29 is 5.11 Å². The first-order valence-electron chi connectivity index (χ1n) is 4.55. The average Bonchev–Trinajstić information content (AvgIpc) is 2.12. The molecule has 1 nitrogen and oxygen atoms in total. The van der Waals surface area contributed by atoms with E-state index in [4.69, 9.17) is 11.6 Å². The van der Waals surface area contributed by atoms with Crippen LogP contribution in [0.4, 0.5) is 0 Å². The van der Waals surface area contributed by atoms with Crippen molar-refractivity contribution in [2.75, 3.05) is 0 Å². The maximum Gasteiger partial charge on any atom is 0.0776 e. The average molecular weight is 201 g/mol. The number of hydrogen-bond donors (Lipinski definition) is 1. The van der Waals surface area contributed by atoms with E-state index in [9.17, 15) is 5.11 Å². The Hall–Kier alpha value is -0.530. The number of aryl methyl sites for hydroxylation is 1. The summed E-state index contributed by atoms with van der Waals surface area (Å²) in [5.74, 6) is 0. The molecular formula is C11H17ClO. The highest BCUT2D eigenvalue weighted by Crippen LogP contribution is 2.23. The minimum atomic E-state index is -0.484. The molecule has 0 aromatic heterocycles. The van der Waals surface area contributed by atoms with Gasteiger partial charge in [0, 0.05) is 5.02 Å². The van der Waals surface area contributed by atoms with Crippen molar-refractivity contribution >= 4 is 11.6 Å². The van der Waals surface area contributed by atoms with Crippen molar-refractivity contribution in [3.05, 3.63) is 34.3 Å². The monoisotopic (exact) mass is 200 g/mol. The van der Waals surface area contributed by atoms with Gasteiger partial charge in [-0.1, -0.05) is 43.1 Å². The zero-order chi connectivity index (χ0) is 10.4. The molecule has 0 amide bonds. The van der Waals surface area contributed by atoms with Gasteiger partial charge in [-0.15, -0.1) is 0 Å². The molecule has 1 aromatic carbocycles. The van der Waals surface area contributed by atoms with E-state index in [0.717, 1.165) is 11.1 Å². The molecule has 0 aliphatic carbocycles. The van der Waals surface area contributed by atoms with Crippen LogP contribution in [0.3, 0.4) is 0 Å². The van der Waals surface area contributed by atoms with Crippen LogP contribution in [0, 0.1) is 6.92 Å². The van der Waals surface area contributed by atoms with Crippen LogP contribution in [0.2, 0.25) is 5.02 Å². The molecular weight excluding hydrogens is 184 g/mol. The van der Waals surface area contributed by atoms with Gasteiger partial charge < -0.3 is 5.11 Å². The van der Waals surface area contributed by atoms with E-state index in [1.54, 1.807) is 13.0 Å². The smallest absolute Gasteiger partial charge is 0.0776 e. The highest BCUT2D eigenvalue weighted by molar-refractivity contribution is 6.31. The SMILES string of the molecule is CC.Cc1ccc(Cl)c(C(C)O)c1. The van der Waals surface area contributed by atoms with Crippen molar-refractivity contribution in [3.8, 4) is 0 Å². The van der Waals surface area contributed by atoms with Crippen LogP contribution >= 0.6 is 11.6 Å². The predicted octanol–water partition coefficient (Wildman–Crippen LogP) is 3.73. The molecule has 0 radical (unpaired) electrons. The molecule has 0 spiro atoms. The highest BCUT2D eigenvalue weighted by Gasteiger charge is 2.04. The van der Waals surface area contributed by atoms with Gasteiger partial charge in [-0.3, -0.25) is 0 Å². The van der Waals surface area contributed by atoms with Gasteiger partial charge in [0.2, 0.25) is 0 Å². The van der Waals surface area contributed by atoms with E-state index < -0.39 is 6.10 Å². The zero-order valence-electron chi connectivity index (χ0n) is 8.63. The molecule has 0 heterocycles. The van der Waals surface area contributed by atoms with E-state index in [2.05, 4.69) is 0 Å². The number of rotatable bonds is 1. The minimum absolute atomic E-state index is 0.484. The summed E-state index contributed by atoms with van der Waals surface area (Å²) in [6.07, 6.45) is -0.484. The van der Waals surface area contributed by atoms with Crippen molar-refractivity contribution in [1.29, 1.82) is 0 Å². The van der Waals surface area contributed by atoms with Crippen molar-refractivity contribution in [1.82, 2.24) is 0 Å². The highest BCUT2D eigenvalue weighted by atomic mass is 35.5. The van der Waals surface area contributed by atoms with Crippen molar-refractivity contribution in [3.63, 3.8) is 0 Å². The second kappa shape index (κ2) is 6.01. The third-order valence-corrected chi connectivity index (χ3v) is 1.95. The first-order valence-corrected chi connectivity index (χ1v) is 4.93. The Labute approximate surface area is 85.4 Å². The normalized spacial score (nSPS) is 11.5. The standard InChI is InChI=1S/C9H11ClO.C2H6/c1-6-3-4-9(10)8(5-6)7(2)11;1-2/h3-5,7,11H,1-2H3;1-2H3. The van der Waals surface area contributed by atoms with Gasteiger partial charge in [0.25, 0.3) is 0 Å². The Morgan fingerprint density at radius 1 is 1.31 bits per heavy atom. The Bertz CT molecular complexity index is 256. The molecule has 74 valence electrons. The summed E-state index contributed by atoms with van der Waals surface area (Å²) < 4.78 is 0. The number of aliphatic hydroxyl groups excluding tert-OH is 1. The first-order chi connectivity index (χ1) is 6.11. The maximum atomic E-state index is 9.24. The molecule has 1 rings (SSSR count). The Kier molecular flexibility index (Phi) is 5.76. The summed E-state index contributed by atoms with van der Waals surface area (Å²) in [5.41, 5.74) is 1.91. The molecule has 0 bridgehead atoms. The largest absolute Gasteiger partial charge is 0.389 e. The van der Waals surface area contributed by atoms with Crippen LogP contribution in [0.5, 0.6) is 0 Å². The second-order valence-electron chi connectivity index (χ2n) is 2.70. The molecule has 0 fully saturated rings. The third-order valence-electron chi connectivity index (χ3n) is 1.60. The van der Waals surface area contributed by atoms with Gasteiger partial charge in [-0.05, 0) is 25.5 Å². The maximum absolute atomic E-state index is 9.24. The molecule has 1 N–H and O–H groups in total. The molecule has 0 aliphatic heterocycles. The molecule has 1 aromatic rings. The fourth-order valence-corrected chi connectivity index (χ4v) is 1.26. The fraction of sp³-hybridized carbons (Fsp3) is 0.455. The lowest BCUT2D eigenvalue weighted by atomic mass is 10.1. The lowest BCUT2D eigenvalue weighted by Crippen LogP contribution is -1.92. The molecule has 2 heteroatoms. The van der Waals surface area contributed by atoms with Crippen LogP contribution in [0.1, 0.15) is 38.0 Å². The predicted molar refractivity (Wildman–Crippen MR) is 58.2 cm³/mol. The summed E-state index contributed by atoms with van der Waals surface area (Å²) in [6, 6.07) is 5.63. The van der Waals surface area contributed by atoms with E-state index in [1.807, 2.05) is 32.9 Å². The lowest BCUT2D eigenvalue weighted by molar-refractivity contribution is 0.199. The van der Waals surface area contributed by atoms with Crippen molar-refractivity contribution in [2.24, 2.45) is 0 Å². The Morgan fingerprint density at radius 3 is 2.23 bits per heavy atom. The van der Waals surface area contributed by atoms with E-state index in [1.165, 1.54) is 0 Å². The molecule has 1 atom stereocenters. The Morgan fingerprint density at radius 2 is 1.85 bits per heavy atom. The number of aliphatic hydroxyl groups is 1. The molecule has 13 heavy (non-hydrogen) atoms. The van der Waals surface area contributed by atoms with E-state index in [-0.39, 0.29) is 0 Å². The van der Waals surface area contributed by atoms with Crippen LogP contribution < -0.4 is 0 Å². The van der Waals surface area contributed by atoms with Crippen LogP contribution in [-0.2, 0) is 0 Å². The number of benzene rings is 1. The fourth-order valence-electron chi connectivity index (χ4n) is 0.983. The molecule has 0 saturated heterocycles. The second-order valence-corrected chi connectivity index (χ2v) is 3.11. The molecule has 0 saturated carbocycles. The van der Waals surface area contributed by atoms with Crippen molar-refractivity contribution in [2.45, 2.75) is 33.8 Å². The molecule has 1 unspecified atom stereocenters. The van der Waals surface area contributed by atoms with Gasteiger partial charge in [-0.2, -0.15) is 0 Å². The van der Waals surface area contributed by atoms with Gasteiger partial charge in [-0.25, -0.2) is 0 Å². The van der Waals surface area contributed by atoms with Gasteiger partial charge in [0.1, 0.15) is 0 Å². The van der Waals surface area contributed by atoms with Crippen LogP contribution in [0.25, 0.3) is 0 Å². The lowest BCUT2D eigenvalue weighted by Gasteiger charge is -2.07. The summed E-state index contributed by atoms with van der Waals surface area (Å²) in [7, 11) is 0. The van der Waals surface area contributed by atoms with Crippen LogP contribution in [-0.4, -0.2) is 5.11 Å². The number of halogens is 1.